The number of benzene rings is 3. The first-order valence-electron chi connectivity index (χ1n) is 14.9. The molecule has 0 spiro atoms. The standard InChI is InChI=1S/C34H39FN2O7/c1-5-21-13-20(3)14-22(6-2)32(21)36-30(38)18-37-17-26(25-15-28-29(16-27(25)35)44-19-43-28)31(34(39)40)33(37)23-7-9-24(10-8-23)42-12-11-41-4/h7-10,13-16,26,31,33H,5-6,11-12,17-19H2,1-4H3,(H,36,38)(H,39,40)/t26-,31?,33+/m1/s1. The molecule has 44 heavy (non-hydrogen) atoms. The van der Waals surface area contributed by atoms with Crippen LogP contribution in [0.15, 0.2) is 48.5 Å². The van der Waals surface area contributed by atoms with Gasteiger partial charge in [-0.2, -0.15) is 0 Å². The van der Waals surface area contributed by atoms with Crippen LogP contribution in [-0.4, -0.2) is 62.1 Å². The lowest BCUT2D eigenvalue weighted by atomic mass is 9.82. The first kappa shape index (κ1) is 31.3. The first-order chi connectivity index (χ1) is 21.2. The number of hydrogen-bond acceptors (Lipinski definition) is 7. The third kappa shape index (κ3) is 6.51. The summed E-state index contributed by atoms with van der Waals surface area (Å²) in [7, 11) is 1.59. The molecule has 0 saturated carbocycles. The van der Waals surface area contributed by atoms with Gasteiger partial charge in [0.25, 0.3) is 0 Å². The van der Waals surface area contributed by atoms with E-state index >= 15 is 4.39 Å². The van der Waals surface area contributed by atoms with Crippen molar-refractivity contribution in [2.24, 2.45) is 5.92 Å². The molecular weight excluding hydrogens is 567 g/mol. The van der Waals surface area contributed by atoms with Crippen molar-refractivity contribution in [3.63, 3.8) is 0 Å². The van der Waals surface area contributed by atoms with Gasteiger partial charge in [-0.1, -0.05) is 43.7 Å². The van der Waals surface area contributed by atoms with E-state index in [9.17, 15) is 14.7 Å². The largest absolute Gasteiger partial charge is 0.491 e. The SMILES string of the molecule is CCc1cc(C)cc(CC)c1NC(=O)CN1C[C@H](c2cc3c(cc2F)OCO3)C(C(=O)O)[C@@H]1c1ccc(OCCOC)cc1. The molecule has 0 aliphatic carbocycles. The molecule has 1 unspecified atom stereocenters. The fraction of sp³-hybridized carbons (Fsp3) is 0.412. The predicted octanol–water partition coefficient (Wildman–Crippen LogP) is 5.49. The zero-order chi connectivity index (χ0) is 31.4. The van der Waals surface area contributed by atoms with Crippen LogP contribution in [0.25, 0.3) is 0 Å². The fourth-order valence-electron chi connectivity index (χ4n) is 6.35. The number of carboxylic acids is 1. The van der Waals surface area contributed by atoms with Gasteiger partial charge in [-0.25, -0.2) is 4.39 Å². The monoisotopic (exact) mass is 606 g/mol. The van der Waals surface area contributed by atoms with E-state index in [2.05, 4.69) is 17.4 Å². The van der Waals surface area contributed by atoms with E-state index in [1.54, 1.807) is 31.4 Å². The summed E-state index contributed by atoms with van der Waals surface area (Å²) in [6.45, 7) is 6.96. The molecule has 2 aliphatic rings. The Kier molecular flexibility index (Phi) is 9.71. The molecule has 3 atom stereocenters. The summed E-state index contributed by atoms with van der Waals surface area (Å²) in [4.78, 5) is 28.4. The second-order valence-electron chi connectivity index (χ2n) is 11.2. The molecule has 0 bridgehead atoms. The minimum absolute atomic E-state index is 0.0303. The fourth-order valence-corrected chi connectivity index (χ4v) is 6.35. The van der Waals surface area contributed by atoms with E-state index in [1.807, 2.05) is 25.7 Å². The number of aryl methyl sites for hydroxylation is 3. The van der Waals surface area contributed by atoms with Gasteiger partial charge in [-0.05, 0) is 60.2 Å². The summed E-state index contributed by atoms with van der Waals surface area (Å²) >= 11 is 0. The summed E-state index contributed by atoms with van der Waals surface area (Å²) in [5.41, 5.74) is 4.92. The van der Waals surface area contributed by atoms with Crippen LogP contribution in [0, 0.1) is 18.7 Å². The lowest BCUT2D eigenvalue weighted by Crippen LogP contribution is -2.35. The van der Waals surface area contributed by atoms with Crippen LogP contribution in [0.2, 0.25) is 0 Å². The summed E-state index contributed by atoms with van der Waals surface area (Å²) < 4.78 is 37.0. The molecule has 0 aromatic heterocycles. The molecule has 0 radical (unpaired) electrons. The molecule has 3 aromatic rings. The van der Waals surface area contributed by atoms with E-state index in [1.165, 1.54) is 12.1 Å². The highest BCUT2D eigenvalue weighted by molar-refractivity contribution is 5.94. The van der Waals surface area contributed by atoms with E-state index in [4.69, 9.17) is 18.9 Å². The van der Waals surface area contributed by atoms with Gasteiger partial charge in [-0.3, -0.25) is 14.5 Å². The molecule has 2 aliphatic heterocycles. The Morgan fingerprint density at radius 1 is 1.02 bits per heavy atom. The number of anilines is 1. The molecule has 1 amide bonds. The minimum Gasteiger partial charge on any atom is -0.491 e. The first-order valence-corrected chi connectivity index (χ1v) is 14.9. The number of carbonyl (C=O) groups is 2. The quantitative estimate of drug-likeness (QED) is 0.261. The van der Waals surface area contributed by atoms with Crippen molar-refractivity contribution in [1.82, 2.24) is 4.90 Å². The Morgan fingerprint density at radius 2 is 1.68 bits per heavy atom. The average Bonchev–Trinajstić information content (AvgIpc) is 3.61. The topological polar surface area (TPSA) is 107 Å². The van der Waals surface area contributed by atoms with E-state index < -0.39 is 29.7 Å². The lowest BCUT2D eigenvalue weighted by molar-refractivity contribution is -0.143. The smallest absolute Gasteiger partial charge is 0.309 e. The lowest BCUT2D eigenvalue weighted by Gasteiger charge is -2.27. The Hall–Kier alpha value is -4.15. The van der Waals surface area contributed by atoms with Crippen LogP contribution < -0.4 is 19.5 Å². The maximum atomic E-state index is 15.5. The van der Waals surface area contributed by atoms with E-state index in [-0.39, 0.29) is 37.1 Å². The number of carbonyl (C=O) groups excluding carboxylic acids is 1. The highest BCUT2D eigenvalue weighted by Crippen LogP contribution is 2.48. The predicted molar refractivity (Wildman–Crippen MR) is 163 cm³/mol. The summed E-state index contributed by atoms with van der Waals surface area (Å²) in [5.74, 6) is -2.46. The maximum Gasteiger partial charge on any atom is 0.309 e. The van der Waals surface area contributed by atoms with Crippen LogP contribution in [0.1, 0.15) is 53.6 Å². The second kappa shape index (κ2) is 13.7. The van der Waals surface area contributed by atoms with Gasteiger partial charge in [0.05, 0.1) is 19.1 Å². The number of amides is 1. The molecule has 2 N–H and O–H groups in total. The van der Waals surface area contributed by atoms with Crippen LogP contribution >= 0.6 is 0 Å². The van der Waals surface area contributed by atoms with Crippen molar-refractivity contribution in [3.05, 3.63) is 82.2 Å². The van der Waals surface area contributed by atoms with Crippen molar-refractivity contribution < 1.29 is 38.0 Å². The molecule has 234 valence electrons. The summed E-state index contributed by atoms with van der Waals surface area (Å²) in [6, 6.07) is 13.3. The van der Waals surface area contributed by atoms with Gasteiger partial charge < -0.3 is 29.4 Å². The number of fused-ring (bicyclic) bond motifs is 1. The summed E-state index contributed by atoms with van der Waals surface area (Å²) in [5, 5.41) is 13.7. The zero-order valence-electron chi connectivity index (χ0n) is 25.5. The number of nitrogens with zero attached hydrogens (tertiary/aromatic N) is 1. The number of ether oxygens (including phenoxy) is 4. The van der Waals surface area contributed by atoms with Crippen LogP contribution in [0.3, 0.4) is 0 Å². The van der Waals surface area contributed by atoms with Crippen molar-refractivity contribution in [1.29, 1.82) is 0 Å². The van der Waals surface area contributed by atoms with Gasteiger partial charge in [0.1, 0.15) is 18.2 Å². The molecule has 10 heteroatoms. The van der Waals surface area contributed by atoms with Gasteiger partial charge in [-0.15, -0.1) is 0 Å². The minimum atomic E-state index is -1.08. The van der Waals surface area contributed by atoms with E-state index in [0.29, 0.717) is 30.3 Å². The number of nitrogens with one attached hydrogen (secondary N) is 1. The molecule has 1 fully saturated rings. The third-order valence-corrected chi connectivity index (χ3v) is 8.37. The Labute approximate surface area is 256 Å². The highest BCUT2D eigenvalue weighted by atomic mass is 19.1. The molecule has 5 rings (SSSR count). The number of likely N-dealkylation sites (tertiary alicyclic amines) is 1. The second-order valence-corrected chi connectivity index (χ2v) is 11.2. The molecule has 3 aromatic carbocycles. The number of rotatable bonds is 12. The van der Waals surface area contributed by atoms with Crippen molar-refractivity contribution in [2.75, 3.05) is 45.5 Å². The molecular formula is C34H39FN2O7. The summed E-state index contributed by atoms with van der Waals surface area (Å²) in [6.07, 6.45) is 1.50. The normalized spacial score (nSPS) is 19.2. The highest BCUT2D eigenvalue weighted by Gasteiger charge is 2.49. The van der Waals surface area contributed by atoms with Crippen LogP contribution in [0.5, 0.6) is 17.2 Å². The molecule has 1 saturated heterocycles. The molecule has 9 nitrogen and oxygen atoms in total. The Morgan fingerprint density at radius 3 is 2.30 bits per heavy atom. The zero-order valence-corrected chi connectivity index (χ0v) is 25.5. The van der Waals surface area contributed by atoms with Crippen molar-refractivity contribution >= 4 is 17.6 Å². The van der Waals surface area contributed by atoms with Crippen LogP contribution in [0.4, 0.5) is 10.1 Å². The number of methoxy groups -OCH3 is 1. The van der Waals surface area contributed by atoms with Crippen LogP contribution in [-0.2, 0) is 27.2 Å². The third-order valence-electron chi connectivity index (χ3n) is 8.37. The van der Waals surface area contributed by atoms with Gasteiger partial charge in [0.2, 0.25) is 12.7 Å². The van der Waals surface area contributed by atoms with Crippen molar-refractivity contribution in [3.8, 4) is 17.2 Å². The number of carboxylic acid groups (broad SMARTS) is 1. The van der Waals surface area contributed by atoms with E-state index in [0.717, 1.165) is 35.2 Å². The number of halogens is 1. The number of aliphatic carboxylic acids is 1. The Bertz CT molecular complexity index is 1490. The van der Waals surface area contributed by atoms with Gasteiger partial charge in [0.15, 0.2) is 11.5 Å². The van der Waals surface area contributed by atoms with Gasteiger partial charge in [0, 0.05) is 37.4 Å². The average molecular weight is 607 g/mol. The van der Waals surface area contributed by atoms with Gasteiger partial charge >= 0.3 is 5.97 Å². The maximum absolute atomic E-state index is 15.5. The Balaban J connectivity index is 1.49. The molecule has 2 heterocycles. The number of hydrogen-bond donors (Lipinski definition) is 2. The van der Waals surface area contributed by atoms with Crippen molar-refractivity contribution in [2.45, 2.75) is 45.6 Å².